The van der Waals surface area contributed by atoms with Crippen molar-refractivity contribution in [1.29, 1.82) is 0 Å². The maximum absolute atomic E-state index is 14.6. The molecular formula is C22H20FNO4S. The second kappa shape index (κ2) is 7.75. The molecule has 0 spiro atoms. The Morgan fingerprint density at radius 3 is 2.38 bits per heavy atom. The molecule has 0 bridgehead atoms. The summed E-state index contributed by atoms with van der Waals surface area (Å²) in [6.07, 6.45) is 0. The molecule has 7 heteroatoms. The molecule has 0 saturated heterocycles. The van der Waals surface area contributed by atoms with E-state index < -0.39 is 15.8 Å². The fourth-order valence-electron chi connectivity index (χ4n) is 3.21. The first-order valence-electron chi connectivity index (χ1n) is 9.18. The van der Waals surface area contributed by atoms with E-state index in [1.54, 1.807) is 12.1 Å². The number of fused-ring (bicyclic) bond motifs is 1. The number of benzene rings is 3. The number of rotatable bonds is 5. The van der Waals surface area contributed by atoms with Gasteiger partial charge in [0, 0.05) is 6.07 Å². The lowest BCUT2D eigenvalue weighted by molar-refractivity contribution is 0.171. The Balaban J connectivity index is 1.81. The van der Waals surface area contributed by atoms with E-state index in [9.17, 15) is 12.8 Å². The monoisotopic (exact) mass is 413 g/mol. The van der Waals surface area contributed by atoms with E-state index in [4.69, 9.17) is 9.47 Å². The molecule has 0 radical (unpaired) electrons. The number of halogens is 1. The minimum absolute atomic E-state index is 0.00435. The number of sulfonamides is 1. The zero-order chi connectivity index (χ0) is 20.4. The lowest BCUT2D eigenvalue weighted by Gasteiger charge is -2.26. The molecule has 0 unspecified atom stereocenters. The van der Waals surface area contributed by atoms with Gasteiger partial charge in [-0.15, -0.1) is 0 Å². The highest BCUT2D eigenvalue weighted by molar-refractivity contribution is 7.92. The van der Waals surface area contributed by atoms with Gasteiger partial charge in [-0.3, -0.25) is 4.31 Å². The van der Waals surface area contributed by atoms with E-state index in [0.717, 1.165) is 15.4 Å². The van der Waals surface area contributed by atoms with Crippen LogP contribution in [0.5, 0.6) is 11.5 Å². The fourth-order valence-corrected chi connectivity index (χ4v) is 4.67. The molecule has 5 nitrogen and oxygen atoms in total. The summed E-state index contributed by atoms with van der Waals surface area (Å²) in [7, 11) is -4.07. The van der Waals surface area contributed by atoms with Crippen molar-refractivity contribution in [2.24, 2.45) is 0 Å². The Labute approximate surface area is 169 Å². The minimum Gasteiger partial charge on any atom is -0.486 e. The van der Waals surface area contributed by atoms with Crippen LogP contribution in [0.25, 0.3) is 0 Å². The van der Waals surface area contributed by atoms with E-state index in [1.165, 1.54) is 30.3 Å². The molecule has 0 saturated carbocycles. The number of hydrogen-bond donors (Lipinski definition) is 0. The maximum Gasteiger partial charge on any atom is 0.264 e. The van der Waals surface area contributed by atoms with Crippen molar-refractivity contribution >= 4 is 15.7 Å². The highest BCUT2D eigenvalue weighted by Crippen LogP contribution is 2.35. The summed E-state index contributed by atoms with van der Waals surface area (Å²) in [4.78, 5) is 0.0126. The summed E-state index contributed by atoms with van der Waals surface area (Å²) < 4.78 is 53.8. The molecule has 150 valence electrons. The maximum atomic E-state index is 14.6. The van der Waals surface area contributed by atoms with Crippen molar-refractivity contribution in [3.05, 3.63) is 83.7 Å². The van der Waals surface area contributed by atoms with Gasteiger partial charge in [-0.1, -0.05) is 36.4 Å². The molecule has 1 aliphatic rings. The van der Waals surface area contributed by atoms with Crippen LogP contribution in [0.3, 0.4) is 0 Å². The van der Waals surface area contributed by atoms with E-state index >= 15 is 0 Å². The first-order chi connectivity index (χ1) is 14.0. The van der Waals surface area contributed by atoms with Gasteiger partial charge in [0.2, 0.25) is 0 Å². The van der Waals surface area contributed by atoms with Crippen molar-refractivity contribution < 1.29 is 22.3 Å². The Bertz CT molecular complexity index is 1150. The molecule has 3 aromatic rings. The molecule has 0 atom stereocenters. The van der Waals surface area contributed by atoms with Crippen LogP contribution in [-0.4, -0.2) is 21.6 Å². The zero-order valence-corrected chi connectivity index (χ0v) is 16.7. The molecule has 1 aliphatic heterocycles. The number of nitrogens with zero attached hydrogens (tertiary/aromatic N) is 1. The Kier molecular flexibility index (Phi) is 5.15. The first-order valence-corrected chi connectivity index (χ1v) is 10.6. The van der Waals surface area contributed by atoms with Gasteiger partial charge in [0.1, 0.15) is 19.0 Å². The molecule has 4 rings (SSSR count). The van der Waals surface area contributed by atoms with E-state index in [2.05, 4.69) is 0 Å². The number of ether oxygens (including phenoxy) is 2. The van der Waals surface area contributed by atoms with Gasteiger partial charge in [0.05, 0.1) is 17.1 Å². The number of hydrogen-bond acceptors (Lipinski definition) is 4. The zero-order valence-electron chi connectivity index (χ0n) is 15.8. The quantitative estimate of drug-likeness (QED) is 0.626. The second-order valence-electron chi connectivity index (χ2n) is 6.70. The van der Waals surface area contributed by atoms with Crippen LogP contribution in [0.15, 0.2) is 71.6 Å². The van der Waals surface area contributed by atoms with Gasteiger partial charge >= 0.3 is 0 Å². The van der Waals surface area contributed by atoms with Gasteiger partial charge in [0.15, 0.2) is 11.5 Å². The summed E-state index contributed by atoms with van der Waals surface area (Å²) in [5.41, 5.74) is 1.70. The van der Waals surface area contributed by atoms with Gasteiger partial charge in [-0.2, -0.15) is 0 Å². The Hall–Kier alpha value is -3.06. The van der Waals surface area contributed by atoms with Crippen LogP contribution >= 0.6 is 0 Å². The molecule has 1 heterocycles. The van der Waals surface area contributed by atoms with Crippen LogP contribution in [0.2, 0.25) is 0 Å². The van der Waals surface area contributed by atoms with Crippen molar-refractivity contribution in [2.75, 3.05) is 17.5 Å². The van der Waals surface area contributed by atoms with Crippen LogP contribution in [0.4, 0.5) is 10.1 Å². The molecule has 0 aromatic heterocycles. The molecule has 0 fully saturated rings. The molecule has 3 aromatic carbocycles. The van der Waals surface area contributed by atoms with Gasteiger partial charge < -0.3 is 9.47 Å². The van der Waals surface area contributed by atoms with Crippen molar-refractivity contribution in [3.63, 3.8) is 0 Å². The van der Waals surface area contributed by atoms with Gasteiger partial charge in [-0.05, 0) is 42.3 Å². The average molecular weight is 413 g/mol. The summed E-state index contributed by atoms with van der Waals surface area (Å²) in [5, 5.41) is 0. The third-order valence-electron chi connectivity index (χ3n) is 4.80. The van der Waals surface area contributed by atoms with Gasteiger partial charge in [-0.25, -0.2) is 12.8 Å². The first kappa shape index (κ1) is 19.3. The summed E-state index contributed by atoms with van der Waals surface area (Å²) in [6, 6.07) is 17.7. The topological polar surface area (TPSA) is 55.8 Å². The average Bonchev–Trinajstić information content (AvgIpc) is 2.73. The standard InChI is InChI=1S/C22H20FNO4S/c1-16-6-2-3-7-17(16)15-24(20-9-5-4-8-19(20)23)29(25,26)18-10-11-21-22(14-18)28-13-12-27-21/h2-11,14H,12-13,15H2,1H3. The smallest absolute Gasteiger partial charge is 0.264 e. The highest BCUT2D eigenvalue weighted by atomic mass is 32.2. The molecular weight excluding hydrogens is 393 g/mol. The van der Waals surface area contributed by atoms with Crippen LogP contribution in [-0.2, 0) is 16.6 Å². The van der Waals surface area contributed by atoms with E-state index in [1.807, 2.05) is 31.2 Å². The van der Waals surface area contributed by atoms with Crippen LogP contribution < -0.4 is 13.8 Å². The second-order valence-corrected chi connectivity index (χ2v) is 8.56. The highest BCUT2D eigenvalue weighted by Gasteiger charge is 2.29. The Morgan fingerprint density at radius 2 is 1.62 bits per heavy atom. The van der Waals surface area contributed by atoms with Crippen molar-refractivity contribution in [2.45, 2.75) is 18.4 Å². The third-order valence-corrected chi connectivity index (χ3v) is 6.55. The van der Waals surface area contributed by atoms with E-state index in [0.29, 0.717) is 24.7 Å². The Morgan fingerprint density at radius 1 is 0.931 bits per heavy atom. The molecule has 29 heavy (non-hydrogen) atoms. The van der Waals surface area contributed by atoms with Gasteiger partial charge in [0.25, 0.3) is 10.0 Å². The SMILES string of the molecule is Cc1ccccc1CN(c1ccccc1F)S(=O)(=O)c1ccc2c(c1)OCCO2. The van der Waals surface area contributed by atoms with Crippen molar-refractivity contribution in [3.8, 4) is 11.5 Å². The summed E-state index contributed by atoms with van der Waals surface area (Å²) in [5.74, 6) is 0.246. The number of aryl methyl sites for hydroxylation is 1. The van der Waals surface area contributed by atoms with Crippen molar-refractivity contribution in [1.82, 2.24) is 0 Å². The van der Waals surface area contributed by atoms with Crippen LogP contribution in [0, 0.1) is 12.7 Å². The number of anilines is 1. The van der Waals surface area contributed by atoms with Crippen LogP contribution in [0.1, 0.15) is 11.1 Å². The van der Waals surface area contributed by atoms with E-state index in [-0.39, 0.29) is 17.1 Å². The molecule has 0 aliphatic carbocycles. The molecule has 0 N–H and O–H groups in total. The fraction of sp³-hybridized carbons (Fsp3) is 0.182. The predicted molar refractivity (Wildman–Crippen MR) is 108 cm³/mol. The minimum atomic E-state index is -4.07. The predicted octanol–water partition coefficient (Wildman–Crippen LogP) is 4.30. The lowest BCUT2D eigenvalue weighted by atomic mass is 10.1. The number of para-hydroxylation sites is 1. The molecule has 0 amide bonds. The largest absolute Gasteiger partial charge is 0.486 e. The normalized spacial score (nSPS) is 13.2. The summed E-state index contributed by atoms with van der Waals surface area (Å²) >= 11 is 0. The third kappa shape index (κ3) is 3.78. The summed E-state index contributed by atoms with van der Waals surface area (Å²) in [6.45, 7) is 2.65. The lowest BCUT2D eigenvalue weighted by Crippen LogP contribution is -2.31.